The molecular weight excluding hydrogens is 340 g/mol. The minimum absolute atomic E-state index is 0.00531. The lowest BCUT2D eigenvalue weighted by atomic mass is 9.93. The van der Waals surface area contributed by atoms with Gasteiger partial charge in [-0.1, -0.05) is 56.3 Å². The fraction of sp³-hybridized carbons (Fsp3) is 0.545. The van der Waals surface area contributed by atoms with Gasteiger partial charge in [-0.2, -0.15) is 0 Å². The van der Waals surface area contributed by atoms with E-state index in [0.717, 1.165) is 25.0 Å². The highest BCUT2D eigenvalue weighted by molar-refractivity contribution is 5.86. The largest absolute Gasteiger partial charge is 0.376 e. The van der Waals surface area contributed by atoms with Gasteiger partial charge >= 0.3 is 0 Å². The highest BCUT2D eigenvalue weighted by atomic mass is 16.5. The van der Waals surface area contributed by atoms with Gasteiger partial charge in [0.2, 0.25) is 11.8 Å². The molecule has 2 amide bonds. The van der Waals surface area contributed by atoms with Crippen LogP contribution in [0.4, 0.5) is 0 Å². The number of carbonyl (C=O) groups excluding carboxylic acids is 2. The van der Waals surface area contributed by atoms with Crippen molar-refractivity contribution in [1.82, 2.24) is 9.80 Å². The third kappa shape index (κ3) is 5.67. The summed E-state index contributed by atoms with van der Waals surface area (Å²) >= 11 is 0. The van der Waals surface area contributed by atoms with Gasteiger partial charge < -0.3 is 14.5 Å². The molecule has 0 unspecified atom stereocenters. The number of carbonyl (C=O) groups is 2. The fourth-order valence-electron chi connectivity index (χ4n) is 3.78. The molecule has 1 aromatic rings. The molecule has 0 N–H and O–H groups in total. The first-order chi connectivity index (χ1) is 12.9. The Morgan fingerprint density at radius 1 is 1.33 bits per heavy atom. The Bertz CT molecular complexity index is 678. The van der Waals surface area contributed by atoms with E-state index in [0.29, 0.717) is 26.1 Å². The summed E-state index contributed by atoms with van der Waals surface area (Å²) in [6, 6.07) is 10.0. The zero-order valence-electron chi connectivity index (χ0n) is 16.4. The molecule has 0 spiro atoms. The van der Waals surface area contributed by atoms with E-state index < -0.39 is 0 Å². The molecule has 0 aromatic heterocycles. The van der Waals surface area contributed by atoms with Crippen molar-refractivity contribution in [3.8, 4) is 0 Å². The maximum Gasteiger partial charge on any atom is 0.242 e. The molecule has 1 atom stereocenters. The van der Waals surface area contributed by atoms with Crippen LogP contribution in [0.2, 0.25) is 0 Å². The quantitative estimate of drug-likeness (QED) is 0.741. The normalized spacial score (nSPS) is 21.9. The van der Waals surface area contributed by atoms with Crippen LogP contribution in [0.3, 0.4) is 0 Å². The second-order valence-corrected chi connectivity index (χ2v) is 8.34. The summed E-state index contributed by atoms with van der Waals surface area (Å²) < 4.78 is 5.72. The van der Waals surface area contributed by atoms with Crippen molar-refractivity contribution in [1.29, 1.82) is 0 Å². The predicted octanol–water partition coefficient (Wildman–Crippen LogP) is 2.97. The van der Waals surface area contributed by atoms with Crippen LogP contribution in [0.1, 0.15) is 38.7 Å². The molecule has 0 aliphatic carbocycles. The van der Waals surface area contributed by atoms with Crippen LogP contribution in [0.25, 0.3) is 6.08 Å². The van der Waals surface area contributed by atoms with Crippen LogP contribution in [0.5, 0.6) is 0 Å². The summed E-state index contributed by atoms with van der Waals surface area (Å²) in [6.45, 7) is 6.83. The summed E-state index contributed by atoms with van der Waals surface area (Å²) in [7, 11) is 0. The first-order valence-electron chi connectivity index (χ1n) is 9.82. The second kappa shape index (κ2) is 8.70. The van der Waals surface area contributed by atoms with Gasteiger partial charge in [0.05, 0.1) is 12.6 Å². The molecule has 146 valence electrons. The maximum atomic E-state index is 12.9. The monoisotopic (exact) mass is 370 g/mol. The number of rotatable bonds is 7. The van der Waals surface area contributed by atoms with Gasteiger partial charge in [-0.05, 0) is 23.8 Å². The Labute approximate surface area is 162 Å². The van der Waals surface area contributed by atoms with Crippen LogP contribution in [-0.4, -0.2) is 60.5 Å². The number of ether oxygens (including phenoxy) is 1. The Kier molecular flexibility index (Phi) is 6.32. The van der Waals surface area contributed by atoms with E-state index in [-0.39, 0.29) is 29.9 Å². The molecule has 2 fully saturated rings. The van der Waals surface area contributed by atoms with Crippen molar-refractivity contribution >= 4 is 17.9 Å². The number of hydrogen-bond donors (Lipinski definition) is 0. The molecule has 3 rings (SSSR count). The van der Waals surface area contributed by atoms with E-state index in [1.807, 2.05) is 47.4 Å². The molecular formula is C22H30N2O3. The first-order valence-corrected chi connectivity index (χ1v) is 9.82. The summed E-state index contributed by atoms with van der Waals surface area (Å²) in [5.74, 6) is 0.0690. The Morgan fingerprint density at radius 3 is 2.74 bits per heavy atom. The lowest BCUT2D eigenvalue weighted by molar-refractivity contribution is -0.138. The van der Waals surface area contributed by atoms with Crippen molar-refractivity contribution in [3.05, 3.63) is 42.0 Å². The molecule has 2 heterocycles. The lowest BCUT2D eigenvalue weighted by Crippen LogP contribution is -2.44. The van der Waals surface area contributed by atoms with E-state index in [2.05, 4.69) is 13.8 Å². The van der Waals surface area contributed by atoms with Gasteiger partial charge in [0, 0.05) is 32.7 Å². The minimum atomic E-state index is -0.0516. The molecule has 2 aliphatic heterocycles. The zero-order valence-corrected chi connectivity index (χ0v) is 16.4. The van der Waals surface area contributed by atoms with Crippen LogP contribution in [0, 0.1) is 5.41 Å². The van der Waals surface area contributed by atoms with Gasteiger partial charge in [0.1, 0.15) is 0 Å². The highest BCUT2D eigenvalue weighted by Crippen LogP contribution is 2.29. The molecule has 5 nitrogen and oxygen atoms in total. The molecule has 0 bridgehead atoms. The second-order valence-electron chi connectivity index (χ2n) is 8.34. The predicted molar refractivity (Wildman–Crippen MR) is 106 cm³/mol. The molecule has 0 radical (unpaired) electrons. The van der Waals surface area contributed by atoms with E-state index in [9.17, 15) is 9.59 Å². The molecule has 0 saturated carbocycles. The fourth-order valence-corrected chi connectivity index (χ4v) is 3.78. The van der Waals surface area contributed by atoms with E-state index >= 15 is 0 Å². The average Bonchev–Trinajstić information content (AvgIpc) is 3.22. The third-order valence-electron chi connectivity index (χ3n) is 5.16. The van der Waals surface area contributed by atoms with Crippen molar-refractivity contribution in [2.75, 3.05) is 32.8 Å². The summed E-state index contributed by atoms with van der Waals surface area (Å²) in [5, 5.41) is 0. The standard InChI is InChI=1S/C22H30N2O3/c1-22(2)14-20(25)24(17-22)16-21(26)23(15-19-11-7-13-27-19)12-6-10-18-8-4-3-5-9-18/h3-6,8-10,19H,7,11-17H2,1-2H3/b10-6+/t19-/m0/s1. The molecule has 1 aromatic carbocycles. The molecule has 27 heavy (non-hydrogen) atoms. The zero-order chi connectivity index (χ0) is 19.3. The van der Waals surface area contributed by atoms with Crippen molar-refractivity contribution in [3.63, 3.8) is 0 Å². The van der Waals surface area contributed by atoms with E-state index in [1.54, 1.807) is 4.90 Å². The number of nitrogens with zero attached hydrogens (tertiary/aromatic N) is 2. The van der Waals surface area contributed by atoms with Crippen molar-refractivity contribution in [2.45, 2.75) is 39.2 Å². The highest BCUT2D eigenvalue weighted by Gasteiger charge is 2.37. The van der Waals surface area contributed by atoms with Gasteiger partial charge in [-0.25, -0.2) is 0 Å². The average molecular weight is 370 g/mol. The minimum Gasteiger partial charge on any atom is -0.376 e. The van der Waals surface area contributed by atoms with E-state index in [1.165, 1.54) is 0 Å². The van der Waals surface area contributed by atoms with E-state index in [4.69, 9.17) is 4.74 Å². The Balaban J connectivity index is 1.62. The Hall–Kier alpha value is -2.14. The molecule has 2 aliphatic rings. The summed E-state index contributed by atoms with van der Waals surface area (Å²) in [6.07, 6.45) is 6.69. The molecule has 2 saturated heterocycles. The van der Waals surface area contributed by atoms with Gasteiger partial charge in [-0.3, -0.25) is 9.59 Å². The van der Waals surface area contributed by atoms with Crippen molar-refractivity contribution < 1.29 is 14.3 Å². The van der Waals surface area contributed by atoms with Gasteiger partial charge in [0.25, 0.3) is 0 Å². The summed E-state index contributed by atoms with van der Waals surface area (Å²) in [5.41, 5.74) is 1.06. The third-order valence-corrected chi connectivity index (χ3v) is 5.16. The van der Waals surface area contributed by atoms with Crippen LogP contribution >= 0.6 is 0 Å². The number of likely N-dealkylation sites (tertiary alicyclic amines) is 1. The van der Waals surface area contributed by atoms with Crippen LogP contribution in [-0.2, 0) is 14.3 Å². The molecule has 5 heteroatoms. The number of hydrogen-bond acceptors (Lipinski definition) is 3. The number of benzene rings is 1. The summed E-state index contributed by atoms with van der Waals surface area (Å²) in [4.78, 5) is 28.7. The van der Waals surface area contributed by atoms with Crippen LogP contribution in [0.15, 0.2) is 36.4 Å². The topological polar surface area (TPSA) is 49.9 Å². The lowest BCUT2D eigenvalue weighted by Gasteiger charge is -2.27. The van der Waals surface area contributed by atoms with Crippen molar-refractivity contribution in [2.24, 2.45) is 5.41 Å². The Morgan fingerprint density at radius 2 is 2.11 bits per heavy atom. The smallest absolute Gasteiger partial charge is 0.242 e. The number of amides is 2. The first kappa shape index (κ1) is 19.6. The van der Waals surface area contributed by atoms with Gasteiger partial charge in [-0.15, -0.1) is 0 Å². The van der Waals surface area contributed by atoms with Crippen LogP contribution < -0.4 is 0 Å². The maximum absolute atomic E-state index is 12.9. The van der Waals surface area contributed by atoms with Gasteiger partial charge in [0.15, 0.2) is 0 Å². The SMILES string of the molecule is CC1(C)CC(=O)N(CC(=O)N(C/C=C/c2ccccc2)C[C@@H]2CCCO2)C1.